The zero-order chi connectivity index (χ0) is 32.0. The highest BCUT2D eigenvalue weighted by Gasteiger charge is 2.38. The van der Waals surface area contributed by atoms with Gasteiger partial charge in [0.15, 0.2) is 5.82 Å². The summed E-state index contributed by atoms with van der Waals surface area (Å²) >= 11 is 0. The maximum Gasteiger partial charge on any atom is 0.490 e. The number of alkyl halides is 3. The molecule has 2 aliphatic rings. The van der Waals surface area contributed by atoms with E-state index < -0.39 is 18.0 Å². The van der Waals surface area contributed by atoms with E-state index in [1.165, 1.54) is 37.9 Å². The number of fused-ring (bicyclic) bond motifs is 1. The number of carboxylic acids is 1. The summed E-state index contributed by atoms with van der Waals surface area (Å²) in [5.41, 5.74) is 5.38. The average Bonchev–Trinajstić information content (AvgIpc) is 3.62. The Bertz CT molecular complexity index is 1710. The van der Waals surface area contributed by atoms with E-state index in [0.717, 1.165) is 17.7 Å². The molecule has 4 aromatic rings. The van der Waals surface area contributed by atoms with Crippen LogP contribution in [0.25, 0.3) is 29.1 Å². The molecule has 2 saturated heterocycles. The molecule has 0 aliphatic carbocycles. The molecule has 2 fully saturated rings. The quantitative estimate of drug-likeness (QED) is 0.163. The SMILES string of the molecule is O=C(O)C(F)(F)F.O=C1NCC(c2ccccc2)/C1=C\c1ccc2c(/C=C/c3ccc(CN4CCCCC4)cc3)n[nH]c2c1F. The van der Waals surface area contributed by atoms with E-state index in [9.17, 15) is 18.0 Å². The van der Waals surface area contributed by atoms with Crippen molar-refractivity contribution in [1.82, 2.24) is 20.4 Å². The number of carbonyl (C=O) groups is 2. The molecular weight excluding hydrogens is 588 g/mol. The lowest BCUT2D eigenvalue weighted by Gasteiger charge is -2.26. The Hall–Kier alpha value is -4.77. The predicted octanol–water partition coefficient (Wildman–Crippen LogP) is 6.79. The number of carbonyl (C=O) groups excluding carboxylic acids is 1. The lowest BCUT2D eigenvalue weighted by Crippen LogP contribution is -2.28. The Kier molecular flexibility index (Phi) is 9.77. The number of nitrogens with one attached hydrogen (secondary N) is 2. The number of hydrogen-bond donors (Lipinski definition) is 3. The van der Waals surface area contributed by atoms with Gasteiger partial charge in [0.05, 0.1) is 5.69 Å². The Morgan fingerprint density at radius 3 is 2.33 bits per heavy atom. The molecule has 7 nitrogen and oxygen atoms in total. The Morgan fingerprint density at radius 2 is 1.67 bits per heavy atom. The predicted molar refractivity (Wildman–Crippen MR) is 164 cm³/mol. The third-order valence-corrected chi connectivity index (χ3v) is 7.86. The van der Waals surface area contributed by atoms with E-state index in [1.54, 1.807) is 12.1 Å². The number of nitrogens with zero attached hydrogens (tertiary/aromatic N) is 2. The number of piperidine rings is 1. The number of amides is 1. The minimum Gasteiger partial charge on any atom is -0.475 e. The summed E-state index contributed by atoms with van der Waals surface area (Å²) in [4.78, 5) is 24.0. The molecule has 3 aromatic carbocycles. The van der Waals surface area contributed by atoms with Crippen LogP contribution in [0.3, 0.4) is 0 Å². The molecule has 234 valence electrons. The smallest absolute Gasteiger partial charge is 0.475 e. The van der Waals surface area contributed by atoms with Crippen LogP contribution in [0, 0.1) is 5.82 Å². The van der Waals surface area contributed by atoms with Crippen LogP contribution in [-0.4, -0.2) is 57.9 Å². The number of halogens is 4. The van der Waals surface area contributed by atoms with Crippen LogP contribution in [-0.2, 0) is 16.1 Å². The molecule has 0 saturated carbocycles. The number of aromatic amines is 1. The van der Waals surface area contributed by atoms with E-state index >= 15 is 4.39 Å². The fraction of sp³-hybridized carbons (Fsp3) is 0.265. The highest BCUT2D eigenvalue weighted by atomic mass is 19.4. The molecule has 1 atom stereocenters. The van der Waals surface area contributed by atoms with E-state index in [0.29, 0.717) is 34.3 Å². The monoisotopic (exact) mass is 620 g/mol. The topological polar surface area (TPSA) is 98.3 Å². The Labute approximate surface area is 257 Å². The van der Waals surface area contributed by atoms with Crippen molar-refractivity contribution in [3.63, 3.8) is 0 Å². The molecule has 0 spiro atoms. The lowest BCUT2D eigenvalue weighted by molar-refractivity contribution is -0.192. The Morgan fingerprint density at radius 1 is 0.978 bits per heavy atom. The summed E-state index contributed by atoms with van der Waals surface area (Å²) in [6.45, 7) is 3.88. The van der Waals surface area contributed by atoms with Gasteiger partial charge in [0.1, 0.15) is 5.52 Å². The Balaban J connectivity index is 0.000000515. The number of carboxylic acid groups (broad SMARTS) is 1. The minimum absolute atomic E-state index is 0.106. The van der Waals surface area contributed by atoms with Crippen molar-refractivity contribution in [3.8, 4) is 0 Å². The number of hydrogen-bond acceptors (Lipinski definition) is 4. The minimum atomic E-state index is -5.08. The first-order valence-electron chi connectivity index (χ1n) is 14.6. The van der Waals surface area contributed by atoms with Gasteiger partial charge in [-0.05, 0) is 60.8 Å². The molecule has 11 heteroatoms. The fourth-order valence-corrected chi connectivity index (χ4v) is 5.50. The first-order valence-corrected chi connectivity index (χ1v) is 14.6. The number of aliphatic carboxylic acids is 1. The standard InChI is InChI=1S/C32H31FN4O.C2HF3O2/c33-30-25(19-27-28(20-34-32(27)38)24-7-3-1-4-8-24)14-15-26-29(35-36-31(26)30)16-13-22-9-11-23(12-10-22)21-37-17-5-2-6-18-37;3-2(4,5)1(6)7/h1,3-4,7-16,19,28H,2,5-6,17-18,20-21H2,(H,34,38)(H,35,36);(H,6,7)/b16-13+,27-19+;. The second kappa shape index (κ2) is 13.9. The van der Waals surface area contributed by atoms with Crippen LogP contribution in [0.2, 0.25) is 0 Å². The fourth-order valence-electron chi connectivity index (χ4n) is 5.50. The van der Waals surface area contributed by atoms with Crippen molar-refractivity contribution in [2.24, 2.45) is 0 Å². The van der Waals surface area contributed by atoms with Crippen LogP contribution in [0.15, 0.2) is 72.3 Å². The van der Waals surface area contributed by atoms with Crippen LogP contribution in [0.5, 0.6) is 0 Å². The van der Waals surface area contributed by atoms with Crippen LogP contribution in [0.4, 0.5) is 17.6 Å². The van der Waals surface area contributed by atoms with Crippen molar-refractivity contribution in [2.45, 2.75) is 37.9 Å². The number of rotatable bonds is 6. The molecule has 1 aromatic heterocycles. The van der Waals surface area contributed by atoms with E-state index in [-0.39, 0.29) is 11.8 Å². The van der Waals surface area contributed by atoms with Crippen molar-refractivity contribution in [2.75, 3.05) is 19.6 Å². The lowest BCUT2D eigenvalue weighted by atomic mass is 9.92. The first-order chi connectivity index (χ1) is 21.6. The van der Waals surface area contributed by atoms with Crippen LogP contribution in [0.1, 0.15) is 53.1 Å². The molecule has 45 heavy (non-hydrogen) atoms. The van der Waals surface area contributed by atoms with Gasteiger partial charge in [0.2, 0.25) is 5.91 Å². The molecule has 0 bridgehead atoms. The van der Waals surface area contributed by atoms with Gasteiger partial charge in [-0.15, -0.1) is 0 Å². The van der Waals surface area contributed by atoms with Crippen molar-refractivity contribution < 1.29 is 32.3 Å². The first kappa shape index (κ1) is 31.6. The van der Waals surface area contributed by atoms with Gasteiger partial charge >= 0.3 is 12.1 Å². The molecule has 6 rings (SSSR count). The molecule has 0 radical (unpaired) electrons. The molecule has 3 N–H and O–H groups in total. The molecule has 1 unspecified atom stereocenters. The van der Waals surface area contributed by atoms with Gasteiger partial charge in [-0.1, -0.05) is 73.2 Å². The third kappa shape index (κ3) is 7.85. The number of likely N-dealkylation sites (tertiary alicyclic amines) is 1. The van der Waals surface area contributed by atoms with Gasteiger partial charge in [-0.3, -0.25) is 14.8 Å². The van der Waals surface area contributed by atoms with Gasteiger partial charge in [0, 0.05) is 35.5 Å². The maximum absolute atomic E-state index is 15.5. The van der Waals surface area contributed by atoms with Gasteiger partial charge in [-0.2, -0.15) is 18.3 Å². The molecule has 2 aliphatic heterocycles. The summed E-state index contributed by atoms with van der Waals surface area (Å²) in [5.74, 6) is -3.43. The van der Waals surface area contributed by atoms with E-state index in [2.05, 4.69) is 44.7 Å². The zero-order valence-electron chi connectivity index (χ0n) is 24.3. The summed E-state index contributed by atoms with van der Waals surface area (Å²) in [6, 6.07) is 22.0. The second-order valence-corrected chi connectivity index (χ2v) is 11.0. The maximum atomic E-state index is 15.5. The summed E-state index contributed by atoms with van der Waals surface area (Å²) in [6.07, 6.45) is 4.42. The van der Waals surface area contributed by atoms with Crippen molar-refractivity contribution in [1.29, 1.82) is 0 Å². The largest absolute Gasteiger partial charge is 0.490 e. The molecular formula is C34H32F4N4O3. The van der Waals surface area contributed by atoms with Gasteiger partial charge in [-0.25, -0.2) is 9.18 Å². The number of aromatic nitrogens is 2. The van der Waals surface area contributed by atoms with Crippen molar-refractivity contribution >= 4 is 41.0 Å². The number of H-pyrrole nitrogens is 1. The third-order valence-electron chi connectivity index (χ3n) is 7.86. The van der Waals surface area contributed by atoms with Crippen LogP contribution < -0.4 is 5.32 Å². The van der Waals surface area contributed by atoms with E-state index in [4.69, 9.17) is 9.90 Å². The van der Waals surface area contributed by atoms with E-state index in [1.807, 2.05) is 48.6 Å². The van der Waals surface area contributed by atoms with Gasteiger partial charge in [0.25, 0.3) is 0 Å². The summed E-state index contributed by atoms with van der Waals surface area (Å²) in [5, 5.41) is 17.9. The van der Waals surface area contributed by atoms with Gasteiger partial charge < -0.3 is 10.4 Å². The highest BCUT2D eigenvalue weighted by Crippen LogP contribution is 2.32. The zero-order valence-corrected chi connectivity index (χ0v) is 24.3. The average molecular weight is 621 g/mol. The summed E-state index contributed by atoms with van der Waals surface area (Å²) < 4.78 is 47.3. The number of benzene rings is 3. The normalized spacial score (nSPS) is 18.3. The van der Waals surface area contributed by atoms with Crippen molar-refractivity contribution in [3.05, 3.63) is 106 Å². The second-order valence-electron chi connectivity index (χ2n) is 11.0. The van der Waals surface area contributed by atoms with Crippen LogP contribution >= 0.6 is 0 Å². The molecule has 1 amide bonds. The highest BCUT2D eigenvalue weighted by molar-refractivity contribution is 6.02. The molecule has 3 heterocycles. The summed E-state index contributed by atoms with van der Waals surface area (Å²) in [7, 11) is 0.